The molecule has 1 aliphatic heterocycles. The fourth-order valence-electron chi connectivity index (χ4n) is 2.21. The third-order valence-electron chi connectivity index (χ3n) is 3.24. The highest BCUT2D eigenvalue weighted by Gasteiger charge is 2.31. The molecule has 118 valence electrons. The topological polar surface area (TPSA) is 84.9 Å². The lowest BCUT2D eigenvalue weighted by Crippen LogP contribution is -2.35. The monoisotopic (exact) mass is 305 g/mol. The van der Waals surface area contributed by atoms with Gasteiger partial charge < -0.3 is 19.9 Å². The molecule has 0 saturated heterocycles. The molecule has 0 bridgehead atoms. The van der Waals surface area contributed by atoms with Crippen molar-refractivity contribution in [2.45, 2.75) is 25.7 Å². The zero-order chi connectivity index (χ0) is 15.9. The Kier molecular flexibility index (Phi) is 5.68. The summed E-state index contributed by atoms with van der Waals surface area (Å²) in [5.41, 5.74) is 1.45. The zero-order valence-electron chi connectivity index (χ0n) is 12.3. The van der Waals surface area contributed by atoms with Gasteiger partial charge in [0.05, 0.1) is 0 Å². The van der Waals surface area contributed by atoms with Crippen LogP contribution in [0.15, 0.2) is 42.0 Å². The molecule has 0 saturated carbocycles. The second kappa shape index (κ2) is 7.72. The van der Waals surface area contributed by atoms with Crippen LogP contribution in [0, 0.1) is 0 Å². The molecule has 0 aromatic heterocycles. The van der Waals surface area contributed by atoms with Crippen LogP contribution in [0.2, 0.25) is 0 Å². The number of nitrogens with one attached hydrogen (secondary N) is 1. The SMILES string of the molecule is CC(=O)OC(CNCCc1ccccc1)C1=CC(=O)OC1O. The molecule has 1 aliphatic rings. The average Bonchev–Trinajstić information content (AvgIpc) is 2.82. The maximum atomic E-state index is 11.2. The van der Waals surface area contributed by atoms with Gasteiger partial charge >= 0.3 is 11.9 Å². The number of benzene rings is 1. The van der Waals surface area contributed by atoms with E-state index in [1.165, 1.54) is 12.5 Å². The molecule has 2 N–H and O–H groups in total. The first-order valence-corrected chi connectivity index (χ1v) is 7.08. The first-order chi connectivity index (χ1) is 10.6. The molecule has 2 unspecified atom stereocenters. The maximum Gasteiger partial charge on any atom is 0.333 e. The molecule has 6 nitrogen and oxygen atoms in total. The summed E-state index contributed by atoms with van der Waals surface area (Å²) in [6, 6.07) is 9.96. The van der Waals surface area contributed by atoms with E-state index in [1.54, 1.807) is 0 Å². The van der Waals surface area contributed by atoms with Crippen LogP contribution >= 0.6 is 0 Å². The quantitative estimate of drug-likeness (QED) is 0.565. The lowest BCUT2D eigenvalue weighted by molar-refractivity contribution is -0.153. The van der Waals surface area contributed by atoms with Crippen molar-refractivity contribution in [1.29, 1.82) is 0 Å². The maximum absolute atomic E-state index is 11.2. The minimum absolute atomic E-state index is 0.257. The van der Waals surface area contributed by atoms with E-state index in [-0.39, 0.29) is 5.57 Å². The molecule has 1 aromatic carbocycles. The summed E-state index contributed by atoms with van der Waals surface area (Å²) in [5, 5.41) is 12.8. The van der Waals surface area contributed by atoms with E-state index >= 15 is 0 Å². The first kappa shape index (κ1) is 16.2. The van der Waals surface area contributed by atoms with Crippen molar-refractivity contribution in [3.8, 4) is 0 Å². The summed E-state index contributed by atoms with van der Waals surface area (Å²) in [7, 11) is 0. The molecule has 1 aromatic rings. The Hall–Kier alpha value is -2.18. The number of ether oxygens (including phenoxy) is 2. The van der Waals surface area contributed by atoms with E-state index in [9.17, 15) is 14.7 Å². The fourth-order valence-corrected chi connectivity index (χ4v) is 2.21. The van der Waals surface area contributed by atoms with Crippen molar-refractivity contribution in [3.05, 3.63) is 47.5 Å². The minimum atomic E-state index is -1.35. The fraction of sp³-hybridized carbons (Fsp3) is 0.375. The summed E-state index contributed by atoms with van der Waals surface area (Å²) in [6.45, 7) is 2.26. The van der Waals surface area contributed by atoms with E-state index in [4.69, 9.17) is 4.74 Å². The van der Waals surface area contributed by atoms with Crippen molar-refractivity contribution in [2.24, 2.45) is 0 Å². The molecule has 0 amide bonds. The van der Waals surface area contributed by atoms with Gasteiger partial charge in [0.2, 0.25) is 6.29 Å². The van der Waals surface area contributed by atoms with Crippen LogP contribution in [-0.4, -0.2) is 42.5 Å². The zero-order valence-corrected chi connectivity index (χ0v) is 12.3. The number of carbonyl (C=O) groups is 2. The Labute approximate surface area is 128 Å². The Morgan fingerprint density at radius 1 is 1.41 bits per heavy atom. The highest BCUT2D eigenvalue weighted by Crippen LogP contribution is 2.19. The van der Waals surface area contributed by atoms with E-state index in [0.29, 0.717) is 13.1 Å². The summed E-state index contributed by atoms with van der Waals surface area (Å²) in [4.78, 5) is 22.3. The van der Waals surface area contributed by atoms with Crippen LogP contribution in [-0.2, 0) is 25.5 Å². The van der Waals surface area contributed by atoms with Crippen molar-refractivity contribution in [2.75, 3.05) is 13.1 Å². The van der Waals surface area contributed by atoms with Crippen molar-refractivity contribution in [3.63, 3.8) is 0 Å². The number of cyclic esters (lactones) is 1. The second-order valence-electron chi connectivity index (χ2n) is 4.97. The molecule has 2 atom stereocenters. The van der Waals surface area contributed by atoms with E-state index in [1.807, 2.05) is 30.3 Å². The van der Waals surface area contributed by atoms with E-state index in [0.717, 1.165) is 12.5 Å². The largest absolute Gasteiger partial charge is 0.456 e. The Bertz CT molecular complexity index is 555. The molecule has 0 spiro atoms. The molecule has 2 rings (SSSR count). The van der Waals surface area contributed by atoms with Crippen LogP contribution in [0.1, 0.15) is 12.5 Å². The number of carbonyl (C=O) groups excluding carboxylic acids is 2. The molecule has 0 fully saturated rings. The highest BCUT2D eigenvalue weighted by atomic mass is 16.6. The standard InChI is InChI=1S/C16H19NO5/c1-11(18)21-14(13-9-15(19)22-16(13)20)10-17-8-7-12-5-3-2-4-6-12/h2-6,9,14,16-17,20H,7-8,10H2,1H3. The molecule has 6 heteroatoms. The van der Waals surface area contributed by atoms with Crippen molar-refractivity contribution in [1.82, 2.24) is 5.32 Å². The normalized spacial score (nSPS) is 18.5. The average molecular weight is 305 g/mol. The number of hydrogen-bond donors (Lipinski definition) is 2. The van der Waals surface area contributed by atoms with Crippen molar-refractivity contribution < 1.29 is 24.2 Å². The molecular weight excluding hydrogens is 286 g/mol. The summed E-state index contributed by atoms with van der Waals surface area (Å²) >= 11 is 0. The summed E-state index contributed by atoms with van der Waals surface area (Å²) in [6.07, 6.45) is -0.0931. The van der Waals surface area contributed by atoms with Gasteiger partial charge in [0.1, 0.15) is 6.10 Å². The van der Waals surface area contributed by atoms with Gasteiger partial charge in [-0.05, 0) is 18.5 Å². The Morgan fingerprint density at radius 3 is 2.73 bits per heavy atom. The van der Waals surface area contributed by atoms with Crippen LogP contribution in [0.4, 0.5) is 0 Å². The van der Waals surface area contributed by atoms with Gasteiger partial charge in [-0.25, -0.2) is 4.79 Å². The van der Waals surface area contributed by atoms with Gasteiger partial charge in [0.25, 0.3) is 0 Å². The van der Waals surface area contributed by atoms with Gasteiger partial charge in [-0.1, -0.05) is 30.3 Å². The van der Waals surface area contributed by atoms with E-state index in [2.05, 4.69) is 10.1 Å². The number of hydrogen-bond acceptors (Lipinski definition) is 6. The predicted octanol–water partition coefficient (Wildman–Crippen LogP) is 0.552. The predicted molar refractivity (Wildman–Crippen MR) is 78.8 cm³/mol. The van der Waals surface area contributed by atoms with Gasteiger partial charge in [-0.2, -0.15) is 0 Å². The smallest absolute Gasteiger partial charge is 0.333 e. The lowest BCUT2D eigenvalue weighted by Gasteiger charge is -2.20. The van der Waals surface area contributed by atoms with Crippen LogP contribution in [0.5, 0.6) is 0 Å². The first-order valence-electron chi connectivity index (χ1n) is 7.08. The molecule has 22 heavy (non-hydrogen) atoms. The van der Waals surface area contributed by atoms with Gasteiger partial charge in [0.15, 0.2) is 0 Å². The molecule has 0 aliphatic carbocycles. The van der Waals surface area contributed by atoms with Gasteiger partial charge in [-0.3, -0.25) is 4.79 Å². The van der Waals surface area contributed by atoms with Crippen molar-refractivity contribution >= 4 is 11.9 Å². The Morgan fingerprint density at radius 2 is 2.14 bits per heavy atom. The number of esters is 2. The minimum Gasteiger partial charge on any atom is -0.456 e. The summed E-state index contributed by atoms with van der Waals surface area (Å²) in [5.74, 6) is -1.12. The third kappa shape index (κ3) is 4.68. The van der Waals surface area contributed by atoms with Crippen LogP contribution in [0.25, 0.3) is 0 Å². The Balaban J connectivity index is 1.86. The van der Waals surface area contributed by atoms with Gasteiger partial charge in [0, 0.05) is 25.1 Å². The van der Waals surface area contributed by atoms with E-state index < -0.39 is 24.3 Å². The molecule has 1 heterocycles. The molecular formula is C16H19NO5. The number of rotatable bonds is 7. The number of aliphatic hydroxyl groups excluding tert-OH is 1. The molecule has 0 radical (unpaired) electrons. The van der Waals surface area contributed by atoms with Crippen LogP contribution < -0.4 is 5.32 Å². The lowest BCUT2D eigenvalue weighted by atomic mass is 10.1. The second-order valence-corrected chi connectivity index (χ2v) is 4.97. The summed E-state index contributed by atoms with van der Waals surface area (Å²) < 4.78 is 9.76. The highest BCUT2D eigenvalue weighted by molar-refractivity contribution is 5.86. The van der Waals surface area contributed by atoms with Gasteiger partial charge in [-0.15, -0.1) is 0 Å². The third-order valence-corrected chi connectivity index (χ3v) is 3.24. The van der Waals surface area contributed by atoms with Crippen LogP contribution in [0.3, 0.4) is 0 Å². The number of aliphatic hydroxyl groups is 1.